The predicted octanol–water partition coefficient (Wildman–Crippen LogP) is 1.45. The summed E-state index contributed by atoms with van der Waals surface area (Å²) in [7, 11) is -3.91. The van der Waals surface area contributed by atoms with E-state index in [0.29, 0.717) is 25.4 Å². The van der Waals surface area contributed by atoms with Gasteiger partial charge in [0.2, 0.25) is 0 Å². The molecule has 2 aliphatic carbocycles. The molecule has 7 nitrogen and oxygen atoms in total. The zero-order valence-corrected chi connectivity index (χ0v) is 14.1. The Kier molecular flexibility index (Phi) is 4.46. The molecule has 1 N–H and O–H groups in total. The molecule has 0 spiro atoms. The van der Waals surface area contributed by atoms with E-state index >= 15 is 0 Å². The number of amides is 1. The lowest BCUT2D eigenvalue weighted by molar-refractivity contribution is -0.143. The molecule has 23 heavy (non-hydrogen) atoms. The second kappa shape index (κ2) is 6.24. The van der Waals surface area contributed by atoms with Crippen molar-refractivity contribution in [3.8, 4) is 0 Å². The fourth-order valence-corrected chi connectivity index (χ4v) is 4.08. The monoisotopic (exact) mass is 341 g/mol. The van der Waals surface area contributed by atoms with Crippen LogP contribution in [0.3, 0.4) is 0 Å². The number of nitrogens with one attached hydrogen (secondary N) is 1. The van der Waals surface area contributed by atoms with Crippen molar-refractivity contribution in [2.75, 3.05) is 6.61 Å². The maximum absolute atomic E-state index is 12.5. The van der Waals surface area contributed by atoms with Crippen LogP contribution in [-0.4, -0.2) is 36.3 Å². The van der Waals surface area contributed by atoms with Crippen LogP contribution in [0.5, 0.6) is 0 Å². The summed E-state index contributed by atoms with van der Waals surface area (Å²) in [6, 6.07) is 0. The molecule has 0 atom stereocenters. The Morgan fingerprint density at radius 2 is 2.13 bits per heavy atom. The van der Waals surface area contributed by atoms with E-state index in [1.54, 1.807) is 4.68 Å². The zero-order chi connectivity index (χ0) is 16.5. The smallest absolute Gasteiger partial charge is 0.267 e. The van der Waals surface area contributed by atoms with Crippen molar-refractivity contribution in [3.63, 3.8) is 0 Å². The maximum atomic E-state index is 12.5. The first kappa shape index (κ1) is 16.4. The molecule has 0 saturated heterocycles. The average Bonchev–Trinajstić information content (AvgIpc) is 2.99. The van der Waals surface area contributed by atoms with Crippen molar-refractivity contribution in [2.24, 2.45) is 5.92 Å². The third-order valence-corrected chi connectivity index (χ3v) is 5.82. The van der Waals surface area contributed by atoms with Gasteiger partial charge in [0.15, 0.2) is 0 Å². The summed E-state index contributed by atoms with van der Waals surface area (Å²) in [5.41, 5.74) is -1.01. The van der Waals surface area contributed by atoms with Gasteiger partial charge < -0.3 is 4.74 Å². The summed E-state index contributed by atoms with van der Waals surface area (Å²) >= 11 is 0. The highest BCUT2D eigenvalue weighted by Gasteiger charge is 2.43. The number of aromatic nitrogens is 2. The van der Waals surface area contributed by atoms with Gasteiger partial charge in [-0.15, -0.1) is 0 Å². The van der Waals surface area contributed by atoms with E-state index in [4.69, 9.17) is 4.74 Å². The minimum Gasteiger partial charge on any atom is -0.365 e. The van der Waals surface area contributed by atoms with Gasteiger partial charge >= 0.3 is 0 Å². The molecule has 2 fully saturated rings. The third kappa shape index (κ3) is 3.58. The summed E-state index contributed by atoms with van der Waals surface area (Å²) in [4.78, 5) is 12.5. The molecule has 1 amide bonds. The summed E-state index contributed by atoms with van der Waals surface area (Å²) in [5, 5.41) is 4.08. The number of sulfonamides is 1. The highest BCUT2D eigenvalue weighted by molar-refractivity contribution is 7.90. The van der Waals surface area contributed by atoms with E-state index < -0.39 is 21.5 Å². The summed E-state index contributed by atoms with van der Waals surface area (Å²) in [5.74, 6) is 0.0338. The Balaban J connectivity index is 1.71. The average molecular weight is 341 g/mol. The van der Waals surface area contributed by atoms with Crippen LogP contribution in [0.15, 0.2) is 17.3 Å². The summed E-state index contributed by atoms with van der Waals surface area (Å²) in [6.07, 6.45) is 7.95. The molecular weight excluding hydrogens is 318 g/mol. The normalized spacial score (nSPS) is 20.6. The van der Waals surface area contributed by atoms with Crippen LogP contribution in [0.25, 0.3) is 0 Å². The topological polar surface area (TPSA) is 90.3 Å². The number of nitrogens with zero attached hydrogens (tertiary/aromatic N) is 2. The molecule has 0 aliphatic heterocycles. The van der Waals surface area contributed by atoms with Gasteiger partial charge in [0.05, 0.1) is 6.20 Å². The SMILES string of the molecule is CCOC1(C(=O)NS(=O)(=O)c2cnn(CC3CC3)c2)CCCC1. The van der Waals surface area contributed by atoms with Crippen LogP contribution >= 0.6 is 0 Å². The predicted molar refractivity (Wildman–Crippen MR) is 83.1 cm³/mol. The molecule has 1 aromatic heterocycles. The highest BCUT2D eigenvalue weighted by Crippen LogP contribution is 2.34. The van der Waals surface area contributed by atoms with E-state index in [1.165, 1.54) is 12.4 Å². The van der Waals surface area contributed by atoms with Gasteiger partial charge in [0, 0.05) is 19.3 Å². The van der Waals surface area contributed by atoms with Crippen molar-refractivity contribution in [1.82, 2.24) is 14.5 Å². The largest absolute Gasteiger partial charge is 0.365 e. The number of ether oxygens (including phenoxy) is 1. The molecule has 0 radical (unpaired) electrons. The third-order valence-electron chi connectivity index (χ3n) is 4.53. The number of hydrogen-bond donors (Lipinski definition) is 1. The molecule has 0 aromatic carbocycles. The second-order valence-electron chi connectivity index (χ2n) is 6.41. The number of rotatable bonds is 7. The molecule has 0 bridgehead atoms. The van der Waals surface area contributed by atoms with E-state index in [1.807, 2.05) is 6.92 Å². The van der Waals surface area contributed by atoms with Gasteiger partial charge in [-0.2, -0.15) is 5.10 Å². The Hall–Kier alpha value is -1.41. The van der Waals surface area contributed by atoms with Gasteiger partial charge in [-0.05, 0) is 51.4 Å². The van der Waals surface area contributed by atoms with E-state index in [9.17, 15) is 13.2 Å². The molecule has 2 aliphatic rings. The molecule has 3 rings (SSSR count). The van der Waals surface area contributed by atoms with Crippen LogP contribution < -0.4 is 4.72 Å². The van der Waals surface area contributed by atoms with Crippen molar-refractivity contribution in [1.29, 1.82) is 0 Å². The van der Waals surface area contributed by atoms with Crippen LogP contribution in [0.2, 0.25) is 0 Å². The van der Waals surface area contributed by atoms with Gasteiger partial charge in [0.25, 0.3) is 15.9 Å². The lowest BCUT2D eigenvalue weighted by Gasteiger charge is -2.27. The van der Waals surface area contributed by atoms with Crippen LogP contribution in [0.4, 0.5) is 0 Å². The first-order chi connectivity index (χ1) is 11.0. The van der Waals surface area contributed by atoms with Gasteiger partial charge in [-0.1, -0.05) is 0 Å². The van der Waals surface area contributed by atoms with E-state index in [-0.39, 0.29) is 4.90 Å². The molecule has 128 valence electrons. The minimum absolute atomic E-state index is 0.0242. The van der Waals surface area contributed by atoms with Gasteiger partial charge in [-0.25, -0.2) is 13.1 Å². The first-order valence-corrected chi connectivity index (χ1v) is 9.67. The van der Waals surface area contributed by atoms with Crippen molar-refractivity contribution in [3.05, 3.63) is 12.4 Å². The molecule has 1 aromatic rings. The Morgan fingerprint density at radius 3 is 2.74 bits per heavy atom. The van der Waals surface area contributed by atoms with Crippen LogP contribution in [0, 0.1) is 5.92 Å². The maximum Gasteiger partial charge on any atom is 0.267 e. The number of hydrogen-bond acceptors (Lipinski definition) is 5. The van der Waals surface area contributed by atoms with Crippen LogP contribution in [-0.2, 0) is 26.1 Å². The van der Waals surface area contributed by atoms with Crippen LogP contribution in [0.1, 0.15) is 45.4 Å². The standard InChI is InChI=1S/C15H23N3O4S/c1-2-22-15(7-3-4-8-15)14(19)17-23(20,21)13-9-16-18(11-13)10-12-5-6-12/h9,11-12H,2-8,10H2,1H3,(H,17,19). The summed E-state index contributed by atoms with van der Waals surface area (Å²) in [6.45, 7) is 2.92. The molecular formula is C15H23N3O4S. The van der Waals surface area contributed by atoms with E-state index in [2.05, 4.69) is 9.82 Å². The Bertz CT molecular complexity index is 673. The molecule has 0 unspecified atom stereocenters. The minimum atomic E-state index is -3.91. The quantitative estimate of drug-likeness (QED) is 0.810. The number of carbonyl (C=O) groups is 1. The Labute approximate surface area is 136 Å². The van der Waals surface area contributed by atoms with Crippen molar-refractivity contribution >= 4 is 15.9 Å². The summed E-state index contributed by atoms with van der Waals surface area (Å²) < 4.78 is 34.2. The lowest BCUT2D eigenvalue weighted by atomic mass is 10.0. The lowest BCUT2D eigenvalue weighted by Crippen LogP contribution is -2.48. The van der Waals surface area contributed by atoms with Gasteiger partial charge in [-0.3, -0.25) is 9.48 Å². The first-order valence-electron chi connectivity index (χ1n) is 8.19. The zero-order valence-electron chi connectivity index (χ0n) is 13.3. The second-order valence-corrected chi connectivity index (χ2v) is 8.09. The fourth-order valence-electron chi connectivity index (χ4n) is 3.08. The highest BCUT2D eigenvalue weighted by atomic mass is 32.2. The van der Waals surface area contributed by atoms with Crippen molar-refractivity contribution in [2.45, 2.75) is 62.5 Å². The van der Waals surface area contributed by atoms with Gasteiger partial charge in [0.1, 0.15) is 10.5 Å². The fraction of sp³-hybridized carbons (Fsp3) is 0.733. The molecule has 8 heteroatoms. The Morgan fingerprint density at radius 1 is 1.43 bits per heavy atom. The van der Waals surface area contributed by atoms with E-state index in [0.717, 1.165) is 32.2 Å². The molecule has 1 heterocycles. The van der Waals surface area contributed by atoms with Crippen molar-refractivity contribution < 1.29 is 17.9 Å². The number of carbonyl (C=O) groups excluding carboxylic acids is 1. The molecule has 2 saturated carbocycles.